The lowest BCUT2D eigenvalue weighted by atomic mass is 10.3. The summed E-state index contributed by atoms with van der Waals surface area (Å²) in [5, 5.41) is 7.09. The molecule has 9 heteroatoms. The van der Waals surface area contributed by atoms with E-state index in [1.54, 1.807) is 0 Å². The number of nitrogens with one attached hydrogen (secondary N) is 1. The number of hydrogen-bond donors (Lipinski definition) is 2. The van der Waals surface area contributed by atoms with Crippen LogP contribution in [0.25, 0.3) is 0 Å². The van der Waals surface area contributed by atoms with Crippen LogP contribution in [-0.2, 0) is 6.18 Å². The van der Waals surface area contributed by atoms with Crippen molar-refractivity contribution in [2.24, 2.45) is 5.73 Å². The second-order valence-electron chi connectivity index (χ2n) is 2.82. The lowest BCUT2D eigenvalue weighted by molar-refractivity contribution is -0.137. The molecule has 96 valence electrons. The molecule has 0 amide bonds. The molecule has 0 unspecified atom stereocenters. The number of pyridine rings is 1. The van der Waals surface area contributed by atoms with Gasteiger partial charge in [0.05, 0.1) is 16.3 Å². The van der Waals surface area contributed by atoms with Crippen molar-refractivity contribution in [3.8, 4) is 0 Å². The summed E-state index contributed by atoms with van der Waals surface area (Å²) in [7, 11) is 0. The molecular formula is C8H8Cl2F3N3S. The molecule has 0 aliphatic carbocycles. The lowest BCUT2D eigenvalue weighted by Crippen LogP contribution is -2.12. The predicted octanol–water partition coefficient (Wildman–Crippen LogP) is 3.20. The Balaban J connectivity index is 0.00000256. The molecule has 0 radical (unpaired) electrons. The van der Waals surface area contributed by atoms with Crippen LogP contribution in [0.15, 0.2) is 17.3 Å². The van der Waals surface area contributed by atoms with E-state index in [2.05, 4.69) is 4.98 Å². The fourth-order valence-electron chi connectivity index (χ4n) is 0.833. The molecule has 0 spiro atoms. The molecule has 3 nitrogen and oxygen atoms in total. The van der Waals surface area contributed by atoms with Crippen LogP contribution in [0.4, 0.5) is 13.2 Å². The van der Waals surface area contributed by atoms with Crippen LogP contribution in [0.2, 0.25) is 5.02 Å². The first-order valence-electron chi connectivity index (χ1n) is 3.99. The van der Waals surface area contributed by atoms with Gasteiger partial charge in [-0.05, 0) is 6.07 Å². The maximum atomic E-state index is 12.3. The summed E-state index contributed by atoms with van der Waals surface area (Å²) in [6.45, 7) is 0. The van der Waals surface area contributed by atoms with E-state index in [-0.39, 0.29) is 34.0 Å². The largest absolute Gasteiger partial charge is 0.417 e. The predicted molar refractivity (Wildman–Crippen MR) is 64.1 cm³/mol. The SMILES string of the molecule is Cl.N=C(N)CSc1ncc(C(F)(F)F)cc1Cl. The number of nitrogens with two attached hydrogens (primary N) is 1. The van der Waals surface area contributed by atoms with E-state index in [0.29, 0.717) is 6.20 Å². The molecule has 0 aromatic carbocycles. The highest BCUT2D eigenvalue weighted by molar-refractivity contribution is 8.00. The monoisotopic (exact) mass is 305 g/mol. The average molecular weight is 306 g/mol. The van der Waals surface area contributed by atoms with Crippen molar-refractivity contribution in [1.82, 2.24) is 4.98 Å². The van der Waals surface area contributed by atoms with Crippen LogP contribution in [0.5, 0.6) is 0 Å². The Kier molecular flexibility index (Phi) is 6.08. The first-order valence-corrected chi connectivity index (χ1v) is 5.35. The van der Waals surface area contributed by atoms with Gasteiger partial charge in [0.15, 0.2) is 0 Å². The third-order valence-corrected chi connectivity index (χ3v) is 2.95. The van der Waals surface area contributed by atoms with E-state index in [4.69, 9.17) is 22.7 Å². The van der Waals surface area contributed by atoms with Crippen molar-refractivity contribution >= 4 is 41.6 Å². The summed E-state index contributed by atoms with van der Waals surface area (Å²) >= 11 is 6.64. The highest BCUT2D eigenvalue weighted by Crippen LogP contribution is 2.33. The first-order chi connectivity index (χ1) is 7.30. The zero-order valence-electron chi connectivity index (χ0n) is 8.21. The first kappa shape index (κ1) is 16.3. The van der Waals surface area contributed by atoms with E-state index >= 15 is 0 Å². The number of aromatic nitrogens is 1. The van der Waals surface area contributed by atoms with Gasteiger partial charge in [-0.15, -0.1) is 12.4 Å². The summed E-state index contributed by atoms with van der Waals surface area (Å²) in [5.74, 6) is 0.0423. The fraction of sp³-hybridized carbons (Fsp3) is 0.250. The molecule has 0 atom stereocenters. The van der Waals surface area contributed by atoms with Gasteiger partial charge in [0, 0.05) is 6.20 Å². The second kappa shape index (κ2) is 6.32. The van der Waals surface area contributed by atoms with Crippen LogP contribution in [0, 0.1) is 5.41 Å². The van der Waals surface area contributed by atoms with Crippen LogP contribution < -0.4 is 5.73 Å². The maximum Gasteiger partial charge on any atom is 0.417 e. The van der Waals surface area contributed by atoms with E-state index in [0.717, 1.165) is 17.8 Å². The Morgan fingerprint density at radius 1 is 1.53 bits per heavy atom. The number of nitrogens with zero attached hydrogens (tertiary/aromatic N) is 1. The lowest BCUT2D eigenvalue weighted by Gasteiger charge is -2.08. The Labute approximate surface area is 111 Å². The number of halogens is 5. The zero-order chi connectivity index (χ0) is 12.3. The maximum absolute atomic E-state index is 12.3. The molecule has 3 N–H and O–H groups in total. The smallest absolute Gasteiger partial charge is 0.387 e. The molecule has 0 saturated carbocycles. The van der Waals surface area contributed by atoms with Gasteiger partial charge in [0.2, 0.25) is 0 Å². The minimum Gasteiger partial charge on any atom is -0.387 e. The summed E-state index contributed by atoms with van der Waals surface area (Å²) in [6, 6.07) is 0.803. The molecule has 1 heterocycles. The molecule has 0 fully saturated rings. The topological polar surface area (TPSA) is 62.8 Å². The fourth-order valence-corrected chi connectivity index (χ4v) is 1.78. The van der Waals surface area contributed by atoms with Crippen molar-refractivity contribution in [2.75, 3.05) is 5.75 Å². The number of thioether (sulfide) groups is 1. The quantitative estimate of drug-likeness (QED) is 0.512. The molecular weight excluding hydrogens is 298 g/mol. The average Bonchev–Trinajstić information content (AvgIpc) is 2.14. The van der Waals surface area contributed by atoms with Crippen molar-refractivity contribution in [3.63, 3.8) is 0 Å². The van der Waals surface area contributed by atoms with Crippen LogP contribution >= 0.6 is 35.8 Å². The molecule has 1 rings (SSSR count). The molecule has 0 saturated heterocycles. The van der Waals surface area contributed by atoms with Crippen LogP contribution in [0.3, 0.4) is 0 Å². The van der Waals surface area contributed by atoms with Gasteiger partial charge in [-0.3, -0.25) is 5.41 Å². The Morgan fingerprint density at radius 2 is 2.12 bits per heavy atom. The van der Waals surface area contributed by atoms with E-state index in [1.807, 2.05) is 0 Å². The standard InChI is InChI=1S/C8H7ClF3N3S.ClH/c9-5-1-4(8(10,11)12)2-15-7(5)16-3-6(13)14;/h1-2H,3H2,(H3,13,14);1H. The van der Waals surface area contributed by atoms with E-state index < -0.39 is 11.7 Å². The summed E-state index contributed by atoms with van der Waals surface area (Å²) in [6.07, 6.45) is -3.76. The number of hydrogen-bond acceptors (Lipinski definition) is 3. The number of rotatable bonds is 3. The van der Waals surface area contributed by atoms with E-state index in [9.17, 15) is 13.2 Å². The van der Waals surface area contributed by atoms with Crippen LogP contribution in [0.1, 0.15) is 5.56 Å². The number of alkyl halides is 3. The molecule has 17 heavy (non-hydrogen) atoms. The Morgan fingerprint density at radius 3 is 2.53 bits per heavy atom. The van der Waals surface area contributed by atoms with Gasteiger partial charge in [-0.2, -0.15) is 13.2 Å². The van der Waals surface area contributed by atoms with Crippen molar-refractivity contribution in [2.45, 2.75) is 11.2 Å². The van der Waals surface area contributed by atoms with Crippen molar-refractivity contribution in [3.05, 3.63) is 22.8 Å². The number of amidine groups is 1. The summed E-state index contributed by atoms with van der Waals surface area (Å²) in [4.78, 5) is 3.58. The molecule has 0 aliphatic rings. The van der Waals surface area contributed by atoms with Gasteiger partial charge >= 0.3 is 6.18 Å². The van der Waals surface area contributed by atoms with Gasteiger partial charge < -0.3 is 5.73 Å². The Bertz CT molecular complexity index is 411. The second-order valence-corrected chi connectivity index (χ2v) is 4.19. The van der Waals surface area contributed by atoms with E-state index in [1.165, 1.54) is 0 Å². The van der Waals surface area contributed by atoms with Gasteiger partial charge in [-0.25, -0.2) is 4.98 Å². The highest BCUT2D eigenvalue weighted by Gasteiger charge is 2.31. The summed E-state index contributed by atoms with van der Waals surface area (Å²) in [5.41, 5.74) is 4.20. The Hall–Kier alpha value is -0.660. The van der Waals surface area contributed by atoms with Gasteiger partial charge in [0.25, 0.3) is 0 Å². The molecule has 0 bridgehead atoms. The third kappa shape index (κ3) is 5.01. The normalized spacial score (nSPS) is 10.8. The summed E-state index contributed by atoms with van der Waals surface area (Å²) < 4.78 is 36.8. The van der Waals surface area contributed by atoms with Crippen molar-refractivity contribution in [1.29, 1.82) is 5.41 Å². The molecule has 1 aromatic rings. The molecule has 0 aliphatic heterocycles. The van der Waals surface area contributed by atoms with Crippen LogP contribution in [-0.4, -0.2) is 16.6 Å². The van der Waals surface area contributed by atoms with Crippen molar-refractivity contribution < 1.29 is 13.2 Å². The minimum absolute atomic E-state index is 0. The minimum atomic E-state index is -4.46. The highest BCUT2D eigenvalue weighted by atomic mass is 35.5. The van der Waals surface area contributed by atoms with Gasteiger partial charge in [0.1, 0.15) is 10.9 Å². The zero-order valence-corrected chi connectivity index (χ0v) is 10.6. The third-order valence-electron chi connectivity index (χ3n) is 1.50. The molecule has 1 aromatic heterocycles. The van der Waals surface area contributed by atoms with Gasteiger partial charge in [-0.1, -0.05) is 23.4 Å².